The molecule has 0 aromatic heterocycles. The van der Waals surface area contributed by atoms with Crippen molar-refractivity contribution in [1.29, 1.82) is 0 Å². The molecule has 0 bridgehead atoms. The van der Waals surface area contributed by atoms with Gasteiger partial charge in [0, 0.05) is 19.6 Å². The summed E-state index contributed by atoms with van der Waals surface area (Å²) in [6.45, 7) is 2.51. The van der Waals surface area contributed by atoms with E-state index in [9.17, 15) is 9.90 Å². The van der Waals surface area contributed by atoms with Crippen LogP contribution in [-0.2, 0) is 16.1 Å². The molecule has 1 aromatic rings. The fraction of sp³-hybridized carbons (Fsp3) is 0.562. The molecule has 20 heavy (non-hydrogen) atoms. The highest BCUT2D eigenvalue weighted by Crippen LogP contribution is 2.49. The summed E-state index contributed by atoms with van der Waals surface area (Å²) in [5.74, 6) is 0.676. The van der Waals surface area contributed by atoms with Gasteiger partial charge in [-0.25, -0.2) is 0 Å². The van der Waals surface area contributed by atoms with Gasteiger partial charge in [0.1, 0.15) is 5.75 Å². The third-order valence-corrected chi connectivity index (χ3v) is 4.85. The number of esters is 1. The number of likely N-dealkylation sites (tertiary alicyclic amines) is 1. The molecule has 0 unspecified atom stereocenters. The lowest BCUT2D eigenvalue weighted by Gasteiger charge is -2.25. The van der Waals surface area contributed by atoms with Crippen LogP contribution in [-0.4, -0.2) is 36.2 Å². The van der Waals surface area contributed by atoms with Crippen LogP contribution in [0, 0.1) is 11.3 Å². The van der Waals surface area contributed by atoms with Crippen molar-refractivity contribution in [3.63, 3.8) is 0 Å². The van der Waals surface area contributed by atoms with Crippen LogP contribution in [0.2, 0.25) is 0 Å². The van der Waals surface area contributed by atoms with Gasteiger partial charge in [-0.05, 0) is 36.5 Å². The summed E-state index contributed by atoms with van der Waals surface area (Å²) in [5, 5.41) is 9.53. The molecule has 0 radical (unpaired) electrons. The fourth-order valence-corrected chi connectivity index (χ4v) is 3.96. The van der Waals surface area contributed by atoms with Crippen LogP contribution < -0.4 is 0 Å². The molecule has 2 aliphatic rings. The van der Waals surface area contributed by atoms with Gasteiger partial charge in [0.05, 0.1) is 12.5 Å². The number of rotatable bonds is 3. The van der Waals surface area contributed by atoms with Crippen LogP contribution >= 0.6 is 0 Å². The van der Waals surface area contributed by atoms with Gasteiger partial charge in [0.15, 0.2) is 0 Å². The topological polar surface area (TPSA) is 49.8 Å². The summed E-state index contributed by atoms with van der Waals surface area (Å²) in [6.07, 6.45) is 3.19. The van der Waals surface area contributed by atoms with Crippen LogP contribution in [0.25, 0.3) is 0 Å². The lowest BCUT2D eigenvalue weighted by atomic mass is 9.81. The van der Waals surface area contributed by atoms with Gasteiger partial charge in [-0.2, -0.15) is 0 Å². The zero-order chi connectivity index (χ0) is 14.2. The predicted molar refractivity (Wildman–Crippen MR) is 75.2 cm³/mol. The summed E-state index contributed by atoms with van der Waals surface area (Å²) >= 11 is 0. The average molecular weight is 275 g/mol. The number of carbonyl (C=O) groups excluding carboxylic acids is 1. The number of phenols is 1. The van der Waals surface area contributed by atoms with E-state index in [4.69, 9.17) is 4.74 Å². The highest BCUT2D eigenvalue weighted by Gasteiger charge is 2.55. The van der Waals surface area contributed by atoms with Crippen molar-refractivity contribution < 1.29 is 14.6 Å². The molecular weight excluding hydrogens is 254 g/mol. The van der Waals surface area contributed by atoms with E-state index in [1.807, 2.05) is 12.1 Å². The smallest absolute Gasteiger partial charge is 0.313 e. The van der Waals surface area contributed by atoms with Crippen molar-refractivity contribution in [3.05, 3.63) is 29.8 Å². The number of nitrogens with zero attached hydrogens (tertiary/aromatic N) is 1. The molecule has 2 atom stereocenters. The maximum Gasteiger partial charge on any atom is 0.313 e. The van der Waals surface area contributed by atoms with Crippen molar-refractivity contribution in [2.45, 2.75) is 25.8 Å². The molecule has 3 rings (SSSR count). The SMILES string of the molecule is COC(=O)[C@]12CCC[C@H]1CN(Cc1cccc(O)c1)C2. The monoisotopic (exact) mass is 275 g/mol. The second-order valence-corrected chi connectivity index (χ2v) is 6.08. The van der Waals surface area contributed by atoms with Gasteiger partial charge in [-0.15, -0.1) is 0 Å². The number of benzene rings is 1. The summed E-state index contributed by atoms with van der Waals surface area (Å²) in [5.41, 5.74) is 0.802. The zero-order valence-electron chi connectivity index (χ0n) is 11.8. The summed E-state index contributed by atoms with van der Waals surface area (Å²) in [4.78, 5) is 14.5. The lowest BCUT2D eigenvalue weighted by molar-refractivity contribution is -0.153. The fourth-order valence-electron chi connectivity index (χ4n) is 3.96. The molecule has 1 saturated heterocycles. The van der Waals surface area contributed by atoms with Crippen LogP contribution in [0.4, 0.5) is 0 Å². The van der Waals surface area contributed by atoms with E-state index in [-0.39, 0.29) is 11.4 Å². The Kier molecular flexibility index (Phi) is 3.42. The van der Waals surface area contributed by atoms with Crippen molar-refractivity contribution >= 4 is 5.97 Å². The van der Waals surface area contributed by atoms with E-state index >= 15 is 0 Å². The second-order valence-electron chi connectivity index (χ2n) is 6.08. The van der Waals surface area contributed by atoms with E-state index in [2.05, 4.69) is 4.90 Å². The molecule has 1 aliphatic heterocycles. The highest BCUT2D eigenvalue weighted by molar-refractivity contribution is 5.78. The minimum Gasteiger partial charge on any atom is -0.508 e. The largest absolute Gasteiger partial charge is 0.508 e. The number of hydrogen-bond acceptors (Lipinski definition) is 4. The van der Waals surface area contributed by atoms with Crippen LogP contribution in [0.15, 0.2) is 24.3 Å². The molecular formula is C16H21NO3. The molecule has 1 saturated carbocycles. The van der Waals surface area contributed by atoms with Gasteiger partial charge < -0.3 is 9.84 Å². The molecule has 1 N–H and O–H groups in total. The molecule has 0 spiro atoms. The number of ether oxygens (including phenoxy) is 1. The Labute approximate surface area is 119 Å². The first-order valence-corrected chi connectivity index (χ1v) is 7.23. The zero-order valence-corrected chi connectivity index (χ0v) is 11.8. The maximum absolute atomic E-state index is 12.2. The standard InChI is InChI=1S/C16H21NO3/c1-20-15(19)16-7-3-5-13(16)10-17(11-16)9-12-4-2-6-14(18)8-12/h2,4,6,8,13,18H,3,5,7,9-11H2,1H3/t13-,16-/m0/s1. The molecule has 1 heterocycles. The van der Waals surface area contributed by atoms with Crippen LogP contribution in [0.5, 0.6) is 5.75 Å². The minimum atomic E-state index is -0.286. The molecule has 1 aliphatic carbocycles. The van der Waals surface area contributed by atoms with Crippen LogP contribution in [0.1, 0.15) is 24.8 Å². The number of carbonyl (C=O) groups is 1. The Hall–Kier alpha value is -1.55. The normalized spacial score (nSPS) is 29.4. The Morgan fingerprint density at radius 1 is 1.55 bits per heavy atom. The molecule has 4 nitrogen and oxygen atoms in total. The molecule has 108 valence electrons. The first-order chi connectivity index (χ1) is 9.64. The summed E-state index contributed by atoms with van der Waals surface area (Å²) < 4.78 is 5.05. The molecule has 0 amide bonds. The van der Waals surface area contributed by atoms with E-state index in [1.165, 1.54) is 7.11 Å². The Bertz CT molecular complexity index is 516. The number of hydrogen-bond donors (Lipinski definition) is 1. The third-order valence-electron chi connectivity index (χ3n) is 4.85. The molecule has 1 aromatic carbocycles. The quantitative estimate of drug-likeness (QED) is 0.859. The third kappa shape index (κ3) is 2.18. The van der Waals surface area contributed by atoms with Gasteiger partial charge in [-0.1, -0.05) is 18.6 Å². The highest BCUT2D eigenvalue weighted by atomic mass is 16.5. The number of fused-ring (bicyclic) bond motifs is 1. The lowest BCUT2D eigenvalue weighted by Crippen LogP contribution is -2.36. The Morgan fingerprint density at radius 3 is 3.15 bits per heavy atom. The van der Waals surface area contributed by atoms with Gasteiger partial charge in [0.25, 0.3) is 0 Å². The van der Waals surface area contributed by atoms with E-state index in [0.29, 0.717) is 11.7 Å². The van der Waals surface area contributed by atoms with E-state index in [0.717, 1.165) is 44.5 Å². The minimum absolute atomic E-state index is 0.0431. The van der Waals surface area contributed by atoms with Crippen molar-refractivity contribution in [2.75, 3.05) is 20.2 Å². The molecule has 4 heteroatoms. The number of phenolic OH excluding ortho intramolecular Hbond substituents is 1. The summed E-state index contributed by atoms with van der Waals surface area (Å²) in [7, 11) is 1.49. The predicted octanol–water partition coefficient (Wildman–Crippen LogP) is 2.17. The van der Waals surface area contributed by atoms with Crippen molar-refractivity contribution in [1.82, 2.24) is 4.90 Å². The van der Waals surface area contributed by atoms with Crippen molar-refractivity contribution in [2.24, 2.45) is 11.3 Å². The Balaban J connectivity index is 1.74. The first-order valence-electron chi connectivity index (χ1n) is 7.23. The van der Waals surface area contributed by atoms with Gasteiger partial charge in [0.2, 0.25) is 0 Å². The van der Waals surface area contributed by atoms with Crippen LogP contribution in [0.3, 0.4) is 0 Å². The van der Waals surface area contributed by atoms with Gasteiger partial charge in [-0.3, -0.25) is 9.69 Å². The van der Waals surface area contributed by atoms with E-state index < -0.39 is 0 Å². The first kappa shape index (κ1) is 13.4. The van der Waals surface area contributed by atoms with Crippen molar-refractivity contribution in [3.8, 4) is 5.75 Å². The molecule has 2 fully saturated rings. The van der Waals surface area contributed by atoms with Gasteiger partial charge >= 0.3 is 5.97 Å². The number of methoxy groups -OCH3 is 1. The summed E-state index contributed by atoms with van der Waals surface area (Å²) in [6, 6.07) is 7.34. The average Bonchev–Trinajstić information content (AvgIpc) is 2.95. The maximum atomic E-state index is 12.2. The number of aromatic hydroxyl groups is 1. The van der Waals surface area contributed by atoms with E-state index in [1.54, 1.807) is 12.1 Å². The second kappa shape index (κ2) is 5.09. The Morgan fingerprint density at radius 2 is 2.40 bits per heavy atom.